The minimum Gasteiger partial charge on any atom is -0.376 e. The maximum atomic E-state index is 5.95. The molecule has 2 heteroatoms. The van der Waals surface area contributed by atoms with Crippen molar-refractivity contribution >= 4 is 6.08 Å². The van der Waals surface area contributed by atoms with Crippen LogP contribution in [0.2, 0.25) is 0 Å². The van der Waals surface area contributed by atoms with Crippen LogP contribution in [0.15, 0.2) is 36.4 Å². The largest absolute Gasteiger partial charge is 0.376 e. The standard InChI is InChI=1S/C24H39NO/c1-20(2)12-13-22(23-15-18-26-24(3,4)19-23)14-17-25-16-8-11-21-9-6-5-7-10-21/h5-11,20,22-23,25H,12-19H2,1-4H3/b11-8+/t22-,23-/m1/s1. The van der Waals surface area contributed by atoms with Crippen LogP contribution in [0.4, 0.5) is 0 Å². The second kappa shape index (κ2) is 10.9. The fourth-order valence-electron chi connectivity index (χ4n) is 4.08. The summed E-state index contributed by atoms with van der Waals surface area (Å²) in [7, 11) is 0. The van der Waals surface area contributed by atoms with E-state index in [1.54, 1.807) is 0 Å². The molecule has 0 aliphatic carbocycles. The van der Waals surface area contributed by atoms with Gasteiger partial charge in [-0.3, -0.25) is 0 Å². The molecule has 1 saturated heterocycles. The van der Waals surface area contributed by atoms with Crippen LogP contribution in [-0.4, -0.2) is 25.3 Å². The minimum atomic E-state index is 0.0604. The summed E-state index contributed by atoms with van der Waals surface area (Å²) >= 11 is 0. The van der Waals surface area contributed by atoms with E-state index in [9.17, 15) is 0 Å². The molecule has 0 radical (unpaired) electrons. The number of benzene rings is 1. The van der Waals surface area contributed by atoms with Gasteiger partial charge in [0, 0.05) is 13.2 Å². The maximum absolute atomic E-state index is 5.95. The Hall–Kier alpha value is -1.12. The molecule has 1 N–H and O–H groups in total. The molecule has 1 fully saturated rings. The smallest absolute Gasteiger partial charge is 0.0629 e. The fraction of sp³-hybridized carbons (Fsp3) is 0.667. The number of hydrogen-bond donors (Lipinski definition) is 1. The van der Waals surface area contributed by atoms with Crippen molar-refractivity contribution < 1.29 is 4.74 Å². The van der Waals surface area contributed by atoms with E-state index in [-0.39, 0.29) is 5.60 Å². The van der Waals surface area contributed by atoms with Crippen LogP contribution in [0.5, 0.6) is 0 Å². The van der Waals surface area contributed by atoms with Crippen molar-refractivity contribution in [1.29, 1.82) is 0 Å². The molecule has 0 bridgehead atoms. The molecule has 0 unspecified atom stereocenters. The Morgan fingerprint density at radius 1 is 1.15 bits per heavy atom. The van der Waals surface area contributed by atoms with E-state index in [1.165, 1.54) is 37.7 Å². The van der Waals surface area contributed by atoms with Gasteiger partial charge in [-0.25, -0.2) is 0 Å². The normalized spacial score (nSPS) is 21.3. The first-order valence-electron chi connectivity index (χ1n) is 10.5. The molecular formula is C24H39NO. The highest BCUT2D eigenvalue weighted by molar-refractivity contribution is 5.48. The van der Waals surface area contributed by atoms with E-state index in [4.69, 9.17) is 4.74 Å². The summed E-state index contributed by atoms with van der Waals surface area (Å²) in [5, 5.41) is 3.62. The lowest BCUT2D eigenvalue weighted by atomic mass is 9.75. The summed E-state index contributed by atoms with van der Waals surface area (Å²) in [6, 6.07) is 10.5. The third kappa shape index (κ3) is 8.05. The first-order valence-corrected chi connectivity index (χ1v) is 10.5. The summed E-state index contributed by atoms with van der Waals surface area (Å²) in [6.07, 6.45) is 10.9. The number of rotatable bonds is 10. The Kier molecular flexibility index (Phi) is 8.87. The highest BCUT2D eigenvalue weighted by Gasteiger charge is 2.33. The van der Waals surface area contributed by atoms with Gasteiger partial charge in [0.25, 0.3) is 0 Å². The first-order chi connectivity index (χ1) is 12.5. The lowest BCUT2D eigenvalue weighted by molar-refractivity contribution is -0.0839. The van der Waals surface area contributed by atoms with Crippen molar-refractivity contribution in [2.75, 3.05) is 19.7 Å². The average Bonchev–Trinajstić information content (AvgIpc) is 2.60. The van der Waals surface area contributed by atoms with E-state index >= 15 is 0 Å². The Morgan fingerprint density at radius 3 is 2.62 bits per heavy atom. The molecule has 2 nitrogen and oxygen atoms in total. The van der Waals surface area contributed by atoms with Gasteiger partial charge in [0.15, 0.2) is 0 Å². The highest BCUT2D eigenvalue weighted by atomic mass is 16.5. The molecule has 146 valence electrons. The summed E-state index contributed by atoms with van der Waals surface area (Å²) in [6.45, 7) is 12.2. The topological polar surface area (TPSA) is 21.3 Å². The zero-order valence-corrected chi connectivity index (χ0v) is 17.3. The van der Waals surface area contributed by atoms with Crippen molar-refractivity contribution in [3.8, 4) is 0 Å². The van der Waals surface area contributed by atoms with Crippen LogP contribution in [0, 0.1) is 17.8 Å². The van der Waals surface area contributed by atoms with Crippen LogP contribution in [0.25, 0.3) is 6.08 Å². The van der Waals surface area contributed by atoms with Crippen LogP contribution in [0.1, 0.15) is 65.4 Å². The monoisotopic (exact) mass is 357 g/mol. The predicted molar refractivity (Wildman–Crippen MR) is 113 cm³/mol. The average molecular weight is 358 g/mol. The van der Waals surface area contributed by atoms with Gasteiger partial charge >= 0.3 is 0 Å². The van der Waals surface area contributed by atoms with Crippen LogP contribution in [0.3, 0.4) is 0 Å². The van der Waals surface area contributed by atoms with Gasteiger partial charge in [-0.05, 0) is 69.4 Å². The van der Waals surface area contributed by atoms with Gasteiger partial charge in [0.2, 0.25) is 0 Å². The lowest BCUT2D eigenvalue weighted by Crippen LogP contribution is -2.37. The Balaban J connectivity index is 1.76. The second-order valence-electron chi connectivity index (χ2n) is 8.90. The summed E-state index contributed by atoms with van der Waals surface area (Å²) in [4.78, 5) is 0. The van der Waals surface area contributed by atoms with Crippen LogP contribution >= 0.6 is 0 Å². The molecule has 1 heterocycles. The van der Waals surface area contributed by atoms with Crippen molar-refractivity contribution in [3.63, 3.8) is 0 Å². The summed E-state index contributed by atoms with van der Waals surface area (Å²) < 4.78 is 5.95. The second-order valence-corrected chi connectivity index (χ2v) is 8.90. The van der Waals surface area contributed by atoms with E-state index in [2.05, 4.69) is 75.5 Å². The quantitative estimate of drug-likeness (QED) is 0.523. The van der Waals surface area contributed by atoms with Crippen molar-refractivity contribution in [1.82, 2.24) is 5.32 Å². The molecule has 26 heavy (non-hydrogen) atoms. The number of hydrogen-bond acceptors (Lipinski definition) is 2. The molecule has 0 spiro atoms. The van der Waals surface area contributed by atoms with Gasteiger partial charge in [-0.2, -0.15) is 0 Å². The molecule has 1 aromatic rings. The van der Waals surface area contributed by atoms with Crippen molar-refractivity contribution in [3.05, 3.63) is 42.0 Å². The number of ether oxygens (including phenoxy) is 1. The highest BCUT2D eigenvalue weighted by Crippen LogP contribution is 2.37. The summed E-state index contributed by atoms with van der Waals surface area (Å²) in [5.41, 5.74) is 1.33. The molecule has 1 aliphatic heterocycles. The lowest BCUT2D eigenvalue weighted by Gasteiger charge is -2.39. The van der Waals surface area contributed by atoms with E-state index in [0.29, 0.717) is 0 Å². The molecule has 0 saturated carbocycles. The first kappa shape index (κ1) is 21.2. The third-order valence-electron chi connectivity index (χ3n) is 5.58. The summed E-state index contributed by atoms with van der Waals surface area (Å²) in [5.74, 6) is 2.44. The van der Waals surface area contributed by atoms with E-state index in [1.807, 2.05) is 0 Å². The van der Waals surface area contributed by atoms with E-state index < -0.39 is 0 Å². The minimum absolute atomic E-state index is 0.0604. The van der Waals surface area contributed by atoms with E-state index in [0.717, 1.165) is 37.5 Å². The molecule has 0 amide bonds. The predicted octanol–water partition coefficient (Wildman–Crippen LogP) is 5.94. The Labute approximate surface area is 161 Å². The zero-order valence-electron chi connectivity index (χ0n) is 17.3. The maximum Gasteiger partial charge on any atom is 0.0629 e. The van der Waals surface area contributed by atoms with Gasteiger partial charge in [0.1, 0.15) is 0 Å². The van der Waals surface area contributed by atoms with Crippen LogP contribution < -0.4 is 5.32 Å². The van der Waals surface area contributed by atoms with Gasteiger partial charge in [0.05, 0.1) is 5.60 Å². The van der Waals surface area contributed by atoms with Gasteiger partial charge in [-0.1, -0.05) is 62.8 Å². The molecule has 2 rings (SSSR count). The molecular weight excluding hydrogens is 318 g/mol. The zero-order chi connectivity index (χ0) is 18.8. The SMILES string of the molecule is CC(C)CC[C@H](CCNC/C=C/c1ccccc1)[C@@H]1CCOC(C)(C)C1. The molecule has 1 aromatic carbocycles. The molecule has 2 atom stereocenters. The van der Waals surface area contributed by atoms with Gasteiger partial charge < -0.3 is 10.1 Å². The fourth-order valence-corrected chi connectivity index (χ4v) is 4.08. The van der Waals surface area contributed by atoms with Crippen molar-refractivity contribution in [2.24, 2.45) is 17.8 Å². The third-order valence-corrected chi connectivity index (χ3v) is 5.58. The van der Waals surface area contributed by atoms with Gasteiger partial charge in [-0.15, -0.1) is 0 Å². The Morgan fingerprint density at radius 2 is 1.92 bits per heavy atom. The molecule has 0 aromatic heterocycles. The number of nitrogens with one attached hydrogen (secondary N) is 1. The van der Waals surface area contributed by atoms with Crippen LogP contribution in [-0.2, 0) is 4.74 Å². The molecule has 1 aliphatic rings. The Bertz CT molecular complexity index is 520. The van der Waals surface area contributed by atoms with Crippen molar-refractivity contribution in [2.45, 2.75) is 65.4 Å².